The van der Waals surface area contributed by atoms with E-state index in [1.165, 1.54) is 19.2 Å². The summed E-state index contributed by atoms with van der Waals surface area (Å²) in [6, 6.07) is 8.39. The molecular weight excluding hydrogens is 303 g/mol. The van der Waals surface area contributed by atoms with Gasteiger partial charge in [-0.2, -0.15) is 0 Å². The molecule has 0 spiro atoms. The maximum absolute atomic E-state index is 3.50. The summed E-state index contributed by atoms with van der Waals surface area (Å²) in [5.74, 6) is 0. The van der Waals surface area contributed by atoms with Crippen LogP contribution in [0, 0.1) is 0 Å². The zero-order valence-corrected chi connectivity index (χ0v) is 8.81. The molecule has 1 aliphatic carbocycles. The van der Waals surface area contributed by atoms with E-state index in [0.29, 0.717) is 0 Å². The first-order valence-electron chi connectivity index (χ1n) is 2.96. The van der Waals surface area contributed by atoms with E-state index in [9.17, 15) is 0 Å². The number of halogens is 2. The molecule has 0 unspecified atom stereocenters. The fourth-order valence-corrected chi connectivity index (χ4v) is 2.36. The van der Waals surface area contributed by atoms with E-state index in [2.05, 4.69) is 62.8 Å². The molecule has 10 heavy (non-hydrogen) atoms. The zero-order chi connectivity index (χ0) is 7.14. The highest BCUT2D eigenvalue weighted by Gasteiger charge is 2.20. The van der Waals surface area contributed by atoms with Gasteiger partial charge in [-0.25, -0.2) is 0 Å². The molecule has 0 aromatic heterocycles. The molecule has 0 aliphatic heterocycles. The summed E-state index contributed by atoms with van der Waals surface area (Å²) in [6.45, 7) is 0. The number of hydrogen-bond acceptors (Lipinski definition) is 0. The molecule has 0 fully saturated rings. The molecule has 50 valence electrons. The lowest BCUT2D eigenvalue weighted by molar-refractivity contribution is 1.57. The monoisotopic (exact) mass is 306 g/mol. The third-order valence-electron chi connectivity index (χ3n) is 1.59. The number of benzene rings is 1. The van der Waals surface area contributed by atoms with E-state index >= 15 is 0 Å². The summed E-state index contributed by atoms with van der Waals surface area (Å²) < 4.78 is 2.59. The SMILES string of the molecule is BrC1=C(I)c2ccccc21. The van der Waals surface area contributed by atoms with Crippen LogP contribution in [0.2, 0.25) is 0 Å². The Morgan fingerprint density at radius 3 is 2.30 bits per heavy atom. The summed E-state index contributed by atoms with van der Waals surface area (Å²) in [6.07, 6.45) is 0. The average molecular weight is 307 g/mol. The molecule has 0 atom stereocenters. The Labute approximate surface area is 81.6 Å². The molecule has 2 rings (SSSR count). The molecule has 0 amide bonds. The van der Waals surface area contributed by atoms with Gasteiger partial charge in [-0.3, -0.25) is 0 Å². The van der Waals surface area contributed by atoms with Crippen molar-refractivity contribution in [3.8, 4) is 0 Å². The van der Waals surface area contributed by atoms with Gasteiger partial charge < -0.3 is 0 Å². The molecule has 0 bridgehead atoms. The third-order valence-corrected chi connectivity index (χ3v) is 4.28. The normalized spacial score (nSPS) is 14.6. The number of rotatable bonds is 0. The first kappa shape index (κ1) is 6.85. The summed E-state index contributed by atoms with van der Waals surface area (Å²) in [4.78, 5) is 0. The van der Waals surface area contributed by atoms with Crippen LogP contribution in [0.3, 0.4) is 0 Å². The Hall–Kier alpha value is 0.170. The van der Waals surface area contributed by atoms with Crippen LogP contribution >= 0.6 is 38.5 Å². The van der Waals surface area contributed by atoms with Gasteiger partial charge in [0, 0.05) is 8.06 Å². The van der Waals surface area contributed by atoms with Crippen LogP contribution in [0.5, 0.6) is 0 Å². The van der Waals surface area contributed by atoms with Crippen LogP contribution in [-0.4, -0.2) is 0 Å². The van der Waals surface area contributed by atoms with Crippen molar-refractivity contribution in [1.82, 2.24) is 0 Å². The van der Waals surface area contributed by atoms with Crippen LogP contribution in [0.4, 0.5) is 0 Å². The Kier molecular flexibility index (Phi) is 1.60. The van der Waals surface area contributed by atoms with Gasteiger partial charge in [0.15, 0.2) is 0 Å². The highest BCUT2D eigenvalue weighted by Crippen LogP contribution is 2.47. The van der Waals surface area contributed by atoms with Gasteiger partial charge in [-0.1, -0.05) is 24.3 Å². The molecule has 1 aliphatic rings. The van der Waals surface area contributed by atoms with Gasteiger partial charge in [0.25, 0.3) is 0 Å². The lowest BCUT2D eigenvalue weighted by atomic mass is 9.98. The highest BCUT2D eigenvalue weighted by atomic mass is 127. The van der Waals surface area contributed by atoms with Gasteiger partial charge in [0.1, 0.15) is 0 Å². The largest absolute Gasteiger partial charge is 0.0616 e. The second-order valence-corrected chi connectivity index (χ2v) is 4.05. The molecule has 0 heterocycles. The molecule has 1 aromatic rings. The highest BCUT2D eigenvalue weighted by molar-refractivity contribution is 14.1. The van der Waals surface area contributed by atoms with E-state index < -0.39 is 0 Å². The molecule has 0 nitrogen and oxygen atoms in total. The van der Waals surface area contributed by atoms with Crippen molar-refractivity contribution < 1.29 is 0 Å². The average Bonchev–Trinajstić information content (AvgIpc) is 2.03. The van der Waals surface area contributed by atoms with Gasteiger partial charge >= 0.3 is 0 Å². The van der Waals surface area contributed by atoms with E-state index in [-0.39, 0.29) is 0 Å². The van der Waals surface area contributed by atoms with Crippen molar-refractivity contribution in [2.75, 3.05) is 0 Å². The zero-order valence-electron chi connectivity index (χ0n) is 5.07. The van der Waals surface area contributed by atoms with E-state index in [1.807, 2.05) is 0 Å². The van der Waals surface area contributed by atoms with Crippen LogP contribution in [0.25, 0.3) is 8.06 Å². The minimum Gasteiger partial charge on any atom is -0.0616 e. The quantitative estimate of drug-likeness (QED) is 0.642. The van der Waals surface area contributed by atoms with Crippen molar-refractivity contribution in [2.24, 2.45) is 0 Å². The Balaban J connectivity index is 2.62. The van der Waals surface area contributed by atoms with Crippen molar-refractivity contribution in [3.05, 3.63) is 35.4 Å². The van der Waals surface area contributed by atoms with Crippen molar-refractivity contribution in [1.29, 1.82) is 0 Å². The second-order valence-electron chi connectivity index (χ2n) is 2.17. The van der Waals surface area contributed by atoms with Crippen molar-refractivity contribution in [2.45, 2.75) is 0 Å². The maximum atomic E-state index is 3.50. The second kappa shape index (κ2) is 2.34. The van der Waals surface area contributed by atoms with E-state index in [1.54, 1.807) is 0 Å². The Morgan fingerprint density at radius 1 is 1.10 bits per heavy atom. The van der Waals surface area contributed by atoms with Crippen LogP contribution in [0.1, 0.15) is 11.1 Å². The molecular formula is C8H4BrI. The van der Waals surface area contributed by atoms with Crippen molar-refractivity contribution >= 4 is 46.6 Å². The number of hydrogen-bond donors (Lipinski definition) is 0. The first-order valence-corrected chi connectivity index (χ1v) is 4.83. The maximum Gasteiger partial charge on any atom is 0.0393 e. The van der Waals surface area contributed by atoms with Gasteiger partial charge in [0.05, 0.1) is 0 Å². The summed E-state index contributed by atoms with van der Waals surface area (Å²) in [5, 5.41) is 0. The molecule has 0 saturated carbocycles. The first-order chi connectivity index (χ1) is 4.80. The van der Waals surface area contributed by atoms with Crippen LogP contribution in [0.15, 0.2) is 24.3 Å². The summed E-state index contributed by atoms with van der Waals surface area (Å²) >= 11 is 5.84. The predicted octanol–water partition coefficient (Wildman–Crippen LogP) is 3.66. The number of fused-ring (bicyclic) bond motifs is 1. The van der Waals surface area contributed by atoms with Crippen molar-refractivity contribution in [3.63, 3.8) is 0 Å². The lowest BCUT2D eigenvalue weighted by Crippen LogP contribution is -1.96. The molecule has 2 heteroatoms. The summed E-state index contributed by atoms with van der Waals surface area (Å²) in [7, 11) is 0. The summed E-state index contributed by atoms with van der Waals surface area (Å²) in [5.41, 5.74) is 2.71. The molecule has 1 aromatic carbocycles. The van der Waals surface area contributed by atoms with E-state index in [0.717, 1.165) is 0 Å². The van der Waals surface area contributed by atoms with Gasteiger partial charge in [-0.15, -0.1) is 0 Å². The smallest absolute Gasteiger partial charge is 0.0393 e. The standard InChI is InChI=1S/C8H4BrI/c9-7-5-3-1-2-4-6(5)8(7)10/h1-4H. The fraction of sp³-hybridized carbons (Fsp3) is 0. The fourth-order valence-electron chi connectivity index (χ4n) is 1.04. The minimum atomic E-state index is 1.25. The van der Waals surface area contributed by atoms with Gasteiger partial charge in [0.2, 0.25) is 0 Å². The Morgan fingerprint density at radius 2 is 1.70 bits per heavy atom. The van der Waals surface area contributed by atoms with Gasteiger partial charge in [-0.05, 0) is 49.6 Å². The Bertz CT molecular complexity index is 284. The third kappa shape index (κ3) is 0.782. The van der Waals surface area contributed by atoms with E-state index in [4.69, 9.17) is 0 Å². The lowest BCUT2D eigenvalue weighted by Gasteiger charge is -2.18. The predicted molar refractivity (Wildman–Crippen MR) is 56.2 cm³/mol. The van der Waals surface area contributed by atoms with Crippen LogP contribution in [-0.2, 0) is 0 Å². The van der Waals surface area contributed by atoms with Crippen LogP contribution < -0.4 is 0 Å². The molecule has 0 N–H and O–H groups in total. The molecule has 0 saturated heterocycles. The topological polar surface area (TPSA) is 0 Å². The molecule has 0 radical (unpaired) electrons. The minimum absolute atomic E-state index is 1.25.